The van der Waals surface area contributed by atoms with E-state index in [2.05, 4.69) is 13.2 Å². The zero-order valence-corrected chi connectivity index (χ0v) is 18.8. The summed E-state index contributed by atoms with van der Waals surface area (Å²) in [6.07, 6.45) is 0. The first-order valence-electron chi connectivity index (χ1n) is 8.88. The van der Waals surface area contributed by atoms with E-state index in [-0.39, 0.29) is 0 Å². The van der Waals surface area contributed by atoms with Crippen LogP contribution in [0.2, 0.25) is 0 Å². The summed E-state index contributed by atoms with van der Waals surface area (Å²) in [7, 11) is 6.68. The highest BCUT2D eigenvalue weighted by Crippen LogP contribution is 2.34. The van der Waals surface area contributed by atoms with Gasteiger partial charge in [-0.3, -0.25) is 0 Å². The normalized spacial score (nSPS) is 10.7. The molecular formula is C22H28O6Si. The first-order chi connectivity index (χ1) is 14.0. The van der Waals surface area contributed by atoms with Crippen LogP contribution in [-0.2, 0) is 0 Å². The van der Waals surface area contributed by atoms with Crippen LogP contribution in [0.3, 0.4) is 0 Å². The summed E-state index contributed by atoms with van der Waals surface area (Å²) in [6.45, 7) is 8.30. The summed E-state index contributed by atoms with van der Waals surface area (Å²) in [5.41, 5.74) is 3.78. The first kappa shape index (κ1) is 22.2. The van der Waals surface area contributed by atoms with Crippen molar-refractivity contribution in [2.24, 2.45) is 0 Å². The molecule has 0 saturated carbocycles. The lowest BCUT2D eigenvalue weighted by Crippen LogP contribution is -2.57. The number of benzene rings is 2. The van der Waals surface area contributed by atoms with Crippen molar-refractivity contribution in [3.05, 3.63) is 48.8 Å². The van der Waals surface area contributed by atoms with Gasteiger partial charge < -0.3 is 28.4 Å². The second-order valence-corrected chi connectivity index (χ2v) is 9.65. The minimum atomic E-state index is -2.91. The Morgan fingerprint density at radius 3 is 1.00 bits per heavy atom. The van der Waals surface area contributed by atoms with Crippen LogP contribution in [0, 0.1) is 0 Å². The van der Waals surface area contributed by atoms with Gasteiger partial charge in [0.2, 0.25) is 0 Å². The molecule has 2 rings (SSSR count). The summed E-state index contributed by atoms with van der Waals surface area (Å²) < 4.78 is 33.7. The van der Waals surface area contributed by atoms with E-state index in [0.29, 0.717) is 34.5 Å². The Labute approximate surface area is 173 Å². The molecule has 2 aromatic rings. The van der Waals surface area contributed by atoms with Gasteiger partial charge in [0, 0.05) is 34.6 Å². The molecule has 0 aliphatic rings. The highest BCUT2D eigenvalue weighted by Gasteiger charge is 2.42. The molecule has 0 spiro atoms. The molecule has 0 unspecified atom stereocenters. The molecule has 0 atom stereocenters. The highest BCUT2D eigenvalue weighted by molar-refractivity contribution is 7.11. The summed E-state index contributed by atoms with van der Waals surface area (Å²) in [5, 5.41) is 1.66. The minimum Gasteiger partial charge on any atom is -0.497 e. The van der Waals surface area contributed by atoms with E-state index in [0.717, 1.165) is 10.4 Å². The van der Waals surface area contributed by atoms with Crippen molar-refractivity contribution >= 4 is 18.4 Å². The van der Waals surface area contributed by atoms with Crippen molar-refractivity contribution in [3.8, 4) is 34.5 Å². The second-order valence-electron chi connectivity index (χ2n) is 6.09. The summed E-state index contributed by atoms with van der Waals surface area (Å²) in [6, 6.07) is 7.26. The molecule has 0 saturated heterocycles. The van der Waals surface area contributed by atoms with Crippen molar-refractivity contribution in [3.63, 3.8) is 0 Å². The molecule has 2 aromatic carbocycles. The molecule has 0 amide bonds. The van der Waals surface area contributed by atoms with Crippen molar-refractivity contribution in [2.45, 2.75) is 0 Å². The fourth-order valence-corrected chi connectivity index (χ4v) is 7.00. The molecule has 156 valence electrons. The van der Waals surface area contributed by atoms with Gasteiger partial charge in [-0.1, -0.05) is 11.4 Å². The topological polar surface area (TPSA) is 55.4 Å². The van der Waals surface area contributed by atoms with Gasteiger partial charge in [0.25, 0.3) is 0 Å². The zero-order chi connectivity index (χ0) is 21.6. The Bertz CT molecular complexity index is 769. The summed E-state index contributed by atoms with van der Waals surface area (Å²) >= 11 is 0. The van der Waals surface area contributed by atoms with Gasteiger partial charge in [-0.05, 0) is 0 Å². The quantitative estimate of drug-likeness (QED) is 0.555. The third-order valence-corrected chi connectivity index (χ3v) is 8.83. The van der Waals surface area contributed by atoms with Gasteiger partial charge in [-0.25, -0.2) is 0 Å². The van der Waals surface area contributed by atoms with Crippen LogP contribution in [0.15, 0.2) is 48.8 Å². The Kier molecular flexibility index (Phi) is 7.22. The molecule has 29 heavy (non-hydrogen) atoms. The molecule has 0 heterocycles. The molecule has 0 aliphatic heterocycles. The maximum Gasteiger partial charge on any atom is 0.182 e. The van der Waals surface area contributed by atoms with Gasteiger partial charge in [0.05, 0.1) is 42.7 Å². The average Bonchev–Trinajstić information content (AvgIpc) is 2.79. The van der Waals surface area contributed by atoms with E-state index < -0.39 is 8.07 Å². The molecule has 0 radical (unpaired) electrons. The molecule has 6 nitrogen and oxygen atoms in total. The van der Waals surface area contributed by atoms with Crippen LogP contribution in [-0.4, -0.2) is 50.7 Å². The minimum absolute atomic E-state index is 0.604. The fraction of sp³-hybridized carbons (Fsp3) is 0.273. The lowest BCUT2D eigenvalue weighted by atomic mass is 10.3. The number of methoxy groups -OCH3 is 6. The number of ether oxygens (including phenoxy) is 6. The molecule has 7 heteroatoms. The lowest BCUT2D eigenvalue weighted by molar-refractivity contribution is 0.378. The molecule has 0 aliphatic carbocycles. The SMILES string of the molecule is C=C[Si](C=C)(c1c(OC)cc(OC)cc1OC)c1c(OC)cc(OC)cc1OC. The smallest absolute Gasteiger partial charge is 0.182 e. The first-order valence-corrected chi connectivity index (χ1v) is 11.0. The zero-order valence-electron chi connectivity index (χ0n) is 17.8. The second kappa shape index (κ2) is 9.42. The third-order valence-electron chi connectivity index (χ3n) is 4.90. The van der Waals surface area contributed by atoms with Crippen LogP contribution in [0.25, 0.3) is 0 Å². The van der Waals surface area contributed by atoms with Crippen LogP contribution in [0.4, 0.5) is 0 Å². The molecular weight excluding hydrogens is 388 g/mol. The maximum absolute atomic E-state index is 5.73. The van der Waals surface area contributed by atoms with Crippen molar-refractivity contribution in [1.29, 1.82) is 0 Å². The molecule has 0 fully saturated rings. The van der Waals surface area contributed by atoms with Gasteiger partial charge in [0.15, 0.2) is 8.07 Å². The van der Waals surface area contributed by atoms with E-state index in [4.69, 9.17) is 28.4 Å². The van der Waals surface area contributed by atoms with Gasteiger partial charge in [-0.2, -0.15) is 0 Å². The van der Waals surface area contributed by atoms with Crippen LogP contribution in [0.1, 0.15) is 0 Å². The number of rotatable bonds is 10. The monoisotopic (exact) mass is 416 g/mol. The molecule has 0 N–H and O–H groups in total. The predicted molar refractivity (Wildman–Crippen MR) is 118 cm³/mol. The largest absolute Gasteiger partial charge is 0.497 e. The van der Waals surface area contributed by atoms with E-state index in [1.165, 1.54) is 0 Å². The summed E-state index contributed by atoms with van der Waals surface area (Å²) in [5.74, 6) is 3.65. The van der Waals surface area contributed by atoms with Gasteiger partial charge in [-0.15, -0.1) is 13.2 Å². The average molecular weight is 417 g/mol. The van der Waals surface area contributed by atoms with E-state index in [1.54, 1.807) is 42.7 Å². The van der Waals surface area contributed by atoms with Crippen molar-refractivity contribution in [1.82, 2.24) is 0 Å². The van der Waals surface area contributed by atoms with Crippen molar-refractivity contribution in [2.75, 3.05) is 42.7 Å². The summed E-state index contributed by atoms with van der Waals surface area (Å²) in [4.78, 5) is 0. The predicted octanol–water partition coefficient (Wildman–Crippen LogP) is 2.75. The van der Waals surface area contributed by atoms with E-state index in [1.807, 2.05) is 35.7 Å². The van der Waals surface area contributed by atoms with Crippen LogP contribution in [0.5, 0.6) is 34.5 Å². The number of hydrogen-bond donors (Lipinski definition) is 0. The Morgan fingerprint density at radius 1 is 0.552 bits per heavy atom. The fourth-order valence-electron chi connectivity index (χ4n) is 3.44. The Hall–Kier alpha value is -3.06. The van der Waals surface area contributed by atoms with Crippen molar-refractivity contribution < 1.29 is 28.4 Å². The third kappa shape index (κ3) is 3.78. The van der Waals surface area contributed by atoms with Gasteiger partial charge in [0.1, 0.15) is 34.5 Å². The highest BCUT2D eigenvalue weighted by atomic mass is 28.3. The van der Waals surface area contributed by atoms with E-state index >= 15 is 0 Å². The number of hydrogen-bond acceptors (Lipinski definition) is 6. The maximum atomic E-state index is 5.73. The lowest BCUT2D eigenvalue weighted by Gasteiger charge is -2.32. The molecule has 0 aromatic heterocycles. The Balaban J connectivity index is 3.02. The molecule has 0 bridgehead atoms. The standard InChI is InChI=1S/C22H28O6Si/c1-9-29(10-2,21-17(25-5)11-15(23-3)12-18(21)26-6)22-19(27-7)13-16(24-4)14-20(22)28-8/h9-14H,1-2H2,3-8H3. The van der Waals surface area contributed by atoms with Crippen LogP contribution >= 0.6 is 0 Å². The van der Waals surface area contributed by atoms with Gasteiger partial charge >= 0.3 is 0 Å². The van der Waals surface area contributed by atoms with Crippen LogP contribution < -0.4 is 38.8 Å². The van der Waals surface area contributed by atoms with E-state index in [9.17, 15) is 0 Å². The Morgan fingerprint density at radius 2 is 0.828 bits per heavy atom.